The molecule has 0 fully saturated rings. The molecule has 32 heavy (non-hydrogen) atoms. The molecule has 2 aromatic heterocycles. The van der Waals surface area contributed by atoms with Crippen molar-refractivity contribution >= 4 is 57.6 Å². The van der Waals surface area contributed by atoms with Crippen molar-refractivity contribution in [3.8, 4) is 0 Å². The predicted molar refractivity (Wildman–Crippen MR) is 123 cm³/mol. The van der Waals surface area contributed by atoms with E-state index >= 15 is 0 Å². The van der Waals surface area contributed by atoms with Crippen molar-refractivity contribution in [1.29, 1.82) is 0 Å². The Bertz CT molecular complexity index is 1250. The summed E-state index contributed by atoms with van der Waals surface area (Å²) in [6.45, 7) is 0.831. The van der Waals surface area contributed by atoms with Crippen molar-refractivity contribution < 1.29 is 19.2 Å². The number of nitrogens with zero attached hydrogens (tertiary/aromatic N) is 1. The third kappa shape index (κ3) is 3.85. The van der Waals surface area contributed by atoms with Gasteiger partial charge >= 0.3 is 11.8 Å². The van der Waals surface area contributed by atoms with Gasteiger partial charge in [-0.05, 0) is 59.7 Å². The highest BCUT2D eigenvalue weighted by Gasteiger charge is 2.31. The summed E-state index contributed by atoms with van der Waals surface area (Å²) < 4.78 is 0. The lowest BCUT2D eigenvalue weighted by molar-refractivity contribution is -0.136. The Balaban J connectivity index is 1.20. The molecular formula is C23H19N3O4S2. The van der Waals surface area contributed by atoms with Crippen LogP contribution >= 0.6 is 22.7 Å². The van der Waals surface area contributed by atoms with Crippen LogP contribution in [0.25, 0.3) is 0 Å². The maximum Gasteiger partial charge on any atom is 0.313 e. The average molecular weight is 466 g/mol. The first-order chi connectivity index (χ1) is 15.5. The Labute approximate surface area is 192 Å². The van der Waals surface area contributed by atoms with Crippen LogP contribution in [-0.2, 0) is 33.8 Å². The fourth-order valence-electron chi connectivity index (χ4n) is 4.09. The van der Waals surface area contributed by atoms with Crippen LogP contribution in [0, 0.1) is 0 Å². The number of carbonyl (C=O) groups excluding carboxylic acids is 4. The minimum absolute atomic E-state index is 0.0406. The van der Waals surface area contributed by atoms with Crippen molar-refractivity contribution in [3.63, 3.8) is 0 Å². The van der Waals surface area contributed by atoms with Gasteiger partial charge in [0.25, 0.3) is 0 Å². The molecule has 9 heteroatoms. The minimum atomic E-state index is -0.745. The van der Waals surface area contributed by atoms with E-state index in [1.807, 2.05) is 28.5 Å². The van der Waals surface area contributed by atoms with E-state index in [9.17, 15) is 19.2 Å². The smallest absolute Gasteiger partial charge is 0.313 e. The number of hydrogen-bond donors (Lipinski definition) is 2. The first-order valence-electron chi connectivity index (χ1n) is 10.2. The monoisotopic (exact) mass is 465 g/mol. The first kappa shape index (κ1) is 20.6. The van der Waals surface area contributed by atoms with Crippen LogP contribution in [0.3, 0.4) is 0 Å². The van der Waals surface area contributed by atoms with Gasteiger partial charge in [0.2, 0.25) is 11.7 Å². The topological polar surface area (TPSA) is 95.6 Å². The van der Waals surface area contributed by atoms with Crippen LogP contribution in [0.5, 0.6) is 0 Å². The largest absolute Gasteiger partial charge is 0.343 e. The molecule has 3 amide bonds. The summed E-state index contributed by atoms with van der Waals surface area (Å²) in [5.41, 5.74) is 3.58. The Morgan fingerprint density at radius 1 is 0.969 bits per heavy atom. The SMILES string of the molecule is O=C(NCc1ccc(C(=O)c2cccs2)s1)C(=O)Nc1cc2c3c(c1)CCN3C(=O)CC2. The summed E-state index contributed by atoms with van der Waals surface area (Å²) in [7, 11) is 0. The van der Waals surface area contributed by atoms with E-state index in [1.165, 1.54) is 22.7 Å². The number of aryl methyl sites for hydroxylation is 1. The lowest BCUT2D eigenvalue weighted by Gasteiger charge is -2.25. The van der Waals surface area contributed by atoms with Crippen molar-refractivity contribution in [1.82, 2.24) is 5.32 Å². The average Bonchev–Trinajstić information content (AvgIpc) is 3.55. The van der Waals surface area contributed by atoms with E-state index in [0.29, 0.717) is 34.8 Å². The van der Waals surface area contributed by atoms with Crippen molar-refractivity contribution in [2.75, 3.05) is 16.8 Å². The minimum Gasteiger partial charge on any atom is -0.343 e. The molecular weight excluding hydrogens is 446 g/mol. The number of nitrogens with one attached hydrogen (secondary N) is 2. The number of thiophene rings is 2. The van der Waals surface area contributed by atoms with Gasteiger partial charge in [0, 0.05) is 23.5 Å². The standard InChI is InChI=1S/C23H19N3O4S2/c27-19-6-3-13-10-15(11-14-7-8-26(19)20(13)14)25-23(30)22(29)24-12-16-4-5-18(32-16)21(28)17-2-1-9-31-17/h1-2,4-5,9-11H,3,6-8,12H2,(H,24,29)(H,25,30). The van der Waals surface area contributed by atoms with Gasteiger partial charge in [0.15, 0.2) is 0 Å². The van der Waals surface area contributed by atoms with E-state index in [-0.39, 0.29) is 18.2 Å². The molecule has 0 atom stereocenters. The highest BCUT2D eigenvalue weighted by molar-refractivity contribution is 7.16. The maximum absolute atomic E-state index is 12.4. The van der Waals surface area contributed by atoms with Crippen LogP contribution in [-0.4, -0.2) is 30.0 Å². The summed E-state index contributed by atoms with van der Waals surface area (Å²) in [6.07, 6.45) is 1.84. The fourth-order valence-corrected chi connectivity index (χ4v) is 5.73. The number of hydrogen-bond acceptors (Lipinski definition) is 6. The van der Waals surface area contributed by atoms with Gasteiger partial charge in [-0.25, -0.2) is 0 Å². The molecule has 3 aromatic rings. The quantitative estimate of drug-likeness (QED) is 0.447. The molecule has 0 saturated carbocycles. The van der Waals surface area contributed by atoms with Crippen LogP contribution in [0.1, 0.15) is 37.0 Å². The van der Waals surface area contributed by atoms with Crippen LogP contribution in [0.15, 0.2) is 41.8 Å². The zero-order valence-electron chi connectivity index (χ0n) is 17.0. The molecule has 7 nitrogen and oxygen atoms in total. The second-order valence-corrected chi connectivity index (χ2v) is 9.76. The second kappa shape index (κ2) is 8.33. The first-order valence-corrected chi connectivity index (χ1v) is 11.9. The molecule has 162 valence electrons. The van der Waals surface area contributed by atoms with Crippen LogP contribution in [0.2, 0.25) is 0 Å². The molecule has 2 N–H and O–H groups in total. The Morgan fingerprint density at radius 2 is 1.78 bits per heavy atom. The molecule has 0 spiro atoms. The lowest BCUT2D eigenvalue weighted by atomic mass is 9.98. The number of amides is 3. The molecule has 0 unspecified atom stereocenters. The maximum atomic E-state index is 12.4. The van der Waals surface area contributed by atoms with E-state index in [0.717, 1.165) is 28.1 Å². The van der Waals surface area contributed by atoms with E-state index in [2.05, 4.69) is 10.6 Å². The zero-order valence-corrected chi connectivity index (χ0v) is 18.6. The summed E-state index contributed by atoms with van der Waals surface area (Å²) in [6, 6.07) is 10.8. The molecule has 5 rings (SSSR count). The molecule has 2 aliphatic heterocycles. The van der Waals surface area contributed by atoms with Gasteiger partial charge in [0.1, 0.15) is 0 Å². The Kier molecular flexibility index (Phi) is 5.36. The summed E-state index contributed by atoms with van der Waals surface area (Å²) in [4.78, 5) is 53.0. The fraction of sp³-hybridized carbons (Fsp3) is 0.217. The number of benzene rings is 1. The van der Waals surface area contributed by atoms with Crippen LogP contribution in [0.4, 0.5) is 11.4 Å². The Hall–Kier alpha value is -3.30. The summed E-state index contributed by atoms with van der Waals surface area (Å²) in [5, 5.41) is 7.13. The molecule has 2 aliphatic rings. The van der Waals surface area contributed by atoms with Gasteiger partial charge in [-0.3, -0.25) is 19.2 Å². The third-order valence-corrected chi connectivity index (χ3v) is 7.52. The predicted octanol–water partition coefficient (Wildman–Crippen LogP) is 3.13. The van der Waals surface area contributed by atoms with E-state index in [1.54, 1.807) is 18.2 Å². The highest BCUT2D eigenvalue weighted by atomic mass is 32.1. The highest BCUT2D eigenvalue weighted by Crippen LogP contribution is 2.38. The molecule has 4 heterocycles. The van der Waals surface area contributed by atoms with Gasteiger partial charge in [-0.2, -0.15) is 0 Å². The summed E-state index contributed by atoms with van der Waals surface area (Å²) >= 11 is 2.69. The van der Waals surface area contributed by atoms with Crippen molar-refractivity contribution in [2.45, 2.75) is 25.8 Å². The summed E-state index contributed by atoms with van der Waals surface area (Å²) in [5.74, 6) is -1.39. The lowest BCUT2D eigenvalue weighted by Crippen LogP contribution is -2.35. The van der Waals surface area contributed by atoms with Gasteiger partial charge in [0.05, 0.1) is 22.0 Å². The molecule has 0 aliphatic carbocycles. The molecule has 1 aromatic carbocycles. The van der Waals surface area contributed by atoms with Crippen molar-refractivity contribution in [2.24, 2.45) is 0 Å². The van der Waals surface area contributed by atoms with Crippen molar-refractivity contribution in [3.05, 3.63) is 67.5 Å². The molecule has 0 radical (unpaired) electrons. The zero-order chi connectivity index (χ0) is 22.2. The normalized spacial score (nSPS) is 14.2. The molecule has 0 saturated heterocycles. The van der Waals surface area contributed by atoms with Gasteiger partial charge < -0.3 is 15.5 Å². The van der Waals surface area contributed by atoms with E-state index < -0.39 is 11.8 Å². The third-order valence-electron chi connectivity index (χ3n) is 5.57. The number of carbonyl (C=O) groups is 4. The molecule has 0 bridgehead atoms. The Morgan fingerprint density at radius 3 is 2.56 bits per heavy atom. The number of ketones is 1. The van der Waals surface area contributed by atoms with Gasteiger partial charge in [-0.15, -0.1) is 22.7 Å². The number of anilines is 2. The van der Waals surface area contributed by atoms with Crippen LogP contribution < -0.4 is 15.5 Å². The number of rotatable bonds is 5. The second-order valence-electron chi connectivity index (χ2n) is 7.65. The van der Waals surface area contributed by atoms with E-state index in [4.69, 9.17) is 0 Å². The van der Waals surface area contributed by atoms with Gasteiger partial charge in [-0.1, -0.05) is 6.07 Å².